The van der Waals surface area contributed by atoms with Crippen LogP contribution in [0.4, 0.5) is 0 Å². The van der Waals surface area contributed by atoms with Crippen molar-refractivity contribution in [1.82, 2.24) is 4.98 Å². The van der Waals surface area contributed by atoms with Crippen LogP contribution in [0, 0.1) is 18.3 Å². The zero-order valence-electron chi connectivity index (χ0n) is 14.0. The van der Waals surface area contributed by atoms with Crippen LogP contribution in [-0.4, -0.2) is 17.1 Å². The number of ether oxygens (including phenoxy) is 1. The van der Waals surface area contributed by atoms with Gasteiger partial charge in [0.1, 0.15) is 0 Å². The Hall–Kier alpha value is -0.930. The van der Waals surface area contributed by atoms with E-state index in [9.17, 15) is 0 Å². The van der Waals surface area contributed by atoms with Gasteiger partial charge in [0.2, 0.25) is 0 Å². The molecule has 1 aliphatic rings. The Labute approximate surface area is 129 Å². The zero-order valence-corrected chi connectivity index (χ0v) is 14.0. The summed E-state index contributed by atoms with van der Waals surface area (Å²) in [6.45, 7) is 10.2. The summed E-state index contributed by atoms with van der Waals surface area (Å²) in [7, 11) is 0. The van der Waals surface area contributed by atoms with E-state index in [-0.39, 0.29) is 5.60 Å². The molecule has 3 heteroatoms. The lowest BCUT2D eigenvalue weighted by atomic mass is 9.68. The number of pyridine rings is 1. The first-order valence-electron chi connectivity index (χ1n) is 8.11. The second-order valence-electron chi connectivity index (χ2n) is 7.59. The summed E-state index contributed by atoms with van der Waals surface area (Å²) in [5.74, 6) is 0.776. The first kappa shape index (κ1) is 16.4. The van der Waals surface area contributed by atoms with Crippen LogP contribution in [0.2, 0.25) is 0 Å². The van der Waals surface area contributed by atoms with Gasteiger partial charge in [-0.15, -0.1) is 0 Å². The predicted octanol–water partition coefficient (Wildman–Crippen LogP) is 3.84. The number of nitrogens with two attached hydrogens (primary N) is 1. The fraction of sp³-hybridized carbons (Fsp3) is 0.722. The quantitative estimate of drug-likeness (QED) is 0.916. The Morgan fingerprint density at radius 2 is 1.95 bits per heavy atom. The minimum Gasteiger partial charge on any atom is -0.367 e. The summed E-state index contributed by atoms with van der Waals surface area (Å²) in [6, 6.07) is 6.07. The van der Waals surface area contributed by atoms with Gasteiger partial charge in [0.15, 0.2) is 0 Å². The molecular weight excluding hydrogens is 260 g/mol. The zero-order chi connectivity index (χ0) is 15.5. The minimum atomic E-state index is -0.146. The molecule has 0 saturated heterocycles. The highest BCUT2D eigenvalue weighted by Crippen LogP contribution is 2.42. The van der Waals surface area contributed by atoms with E-state index in [1.54, 1.807) is 0 Å². The van der Waals surface area contributed by atoms with Gasteiger partial charge in [0.25, 0.3) is 0 Å². The summed E-state index contributed by atoms with van der Waals surface area (Å²) in [5.41, 5.74) is 8.32. The Balaban J connectivity index is 1.94. The van der Waals surface area contributed by atoms with Crippen molar-refractivity contribution in [3.05, 3.63) is 29.6 Å². The van der Waals surface area contributed by atoms with Gasteiger partial charge >= 0.3 is 0 Å². The molecule has 0 unspecified atom stereocenters. The van der Waals surface area contributed by atoms with Crippen LogP contribution < -0.4 is 5.73 Å². The summed E-state index contributed by atoms with van der Waals surface area (Å²) < 4.78 is 6.23. The Bertz CT molecular complexity index is 457. The van der Waals surface area contributed by atoms with E-state index in [0.29, 0.717) is 18.6 Å². The first-order chi connectivity index (χ1) is 9.85. The van der Waals surface area contributed by atoms with Crippen molar-refractivity contribution in [2.75, 3.05) is 6.54 Å². The van der Waals surface area contributed by atoms with Crippen LogP contribution in [0.25, 0.3) is 0 Å². The SMILES string of the molecule is Cc1cccc(COC2(CN)CCC(C(C)(C)C)CC2)n1. The maximum Gasteiger partial charge on any atom is 0.0896 e. The van der Waals surface area contributed by atoms with Crippen LogP contribution in [0.5, 0.6) is 0 Å². The Kier molecular flexibility index (Phi) is 5.05. The van der Waals surface area contributed by atoms with Crippen LogP contribution in [0.15, 0.2) is 18.2 Å². The molecule has 2 N–H and O–H groups in total. The molecule has 21 heavy (non-hydrogen) atoms. The Morgan fingerprint density at radius 3 is 2.48 bits per heavy atom. The molecule has 118 valence electrons. The molecule has 0 radical (unpaired) electrons. The van der Waals surface area contributed by atoms with Crippen molar-refractivity contribution < 1.29 is 4.74 Å². The number of hydrogen-bond acceptors (Lipinski definition) is 3. The van der Waals surface area contributed by atoms with E-state index < -0.39 is 0 Å². The van der Waals surface area contributed by atoms with Gasteiger partial charge in [-0.05, 0) is 56.1 Å². The van der Waals surface area contributed by atoms with Gasteiger partial charge in [0.05, 0.1) is 17.9 Å². The second-order valence-corrected chi connectivity index (χ2v) is 7.59. The summed E-state index contributed by atoms with van der Waals surface area (Å²) in [5, 5.41) is 0. The maximum atomic E-state index is 6.23. The highest BCUT2D eigenvalue weighted by atomic mass is 16.5. The average Bonchev–Trinajstić information content (AvgIpc) is 2.45. The lowest BCUT2D eigenvalue weighted by Gasteiger charge is -2.43. The second kappa shape index (κ2) is 6.45. The highest BCUT2D eigenvalue weighted by Gasteiger charge is 2.38. The smallest absolute Gasteiger partial charge is 0.0896 e. The number of aromatic nitrogens is 1. The molecule has 0 amide bonds. The van der Waals surface area contributed by atoms with E-state index in [1.165, 1.54) is 12.8 Å². The minimum absolute atomic E-state index is 0.146. The molecule has 0 spiro atoms. The number of hydrogen-bond donors (Lipinski definition) is 1. The van der Waals surface area contributed by atoms with Gasteiger partial charge in [-0.25, -0.2) is 0 Å². The molecule has 1 fully saturated rings. The third kappa shape index (κ3) is 4.27. The average molecular weight is 290 g/mol. The first-order valence-corrected chi connectivity index (χ1v) is 8.11. The van der Waals surface area contributed by atoms with E-state index >= 15 is 0 Å². The van der Waals surface area contributed by atoms with Crippen molar-refractivity contribution in [2.24, 2.45) is 17.1 Å². The fourth-order valence-corrected chi connectivity index (χ4v) is 3.32. The molecule has 0 bridgehead atoms. The molecule has 3 nitrogen and oxygen atoms in total. The topological polar surface area (TPSA) is 48.1 Å². The van der Waals surface area contributed by atoms with Gasteiger partial charge in [-0.1, -0.05) is 26.8 Å². The van der Waals surface area contributed by atoms with Crippen molar-refractivity contribution in [3.63, 3.8) is 0 Å². The fourth-order valence-electron chi connectivity index (χ4n) is 3.32. The normalized spacial score (nSPS) is 26.8. The molecule has 1 saturated carbocycles. The lowest BCUT2D eigenvalue weighted by molar-refractivity contribution is -0.0898. The standard InChI is InChI=1S/C18H30N2O/c1-14-6-5-7-16(20-14)12-21-18(13-19)10-8-15(9-11-18)17(2,3)4/h5-7,15H,8-13,19H2,1-4H3. The van der Waals surface area contributed by atoms with Crippen LogP contribution in [0.3, 0.4) is 0 Å². The largest absolute Gasteiger partial charge is 0.367 e. The molecule has 1 aromatic rings. The maximum absolute atomic E-state index is 6.23. The molecule has 0 atom stereocenters. The third-order valence-corrected chi connectivity index (χ3v) is 4.97. The molecule has 1 aromatic heterocycles. The molecular formula is C18H30N2O. The molecule has 1 heterocycles. The van der Waals surface area contributed by atoms with E-state index in [4.69, 9.17) is 10.5 Å². The number of rotatable bonds is 4. The summed E-state index contributed by atoms with van der Waals surface area (Å²) in [4.78, 5) is 4.51. The van der Waals surface area contributed by atoms with Gasteiger partial charge < -0.3 is 10.5 Å². The van der Waals surface area contributed by atoms with E-state index in [1.807, 2.05) is 25.1 Å². The molecule has 1 aliphatic carbocycles. The van der Waals surface area contributed by atoms with Gasteiger partial charge in [0, 0.05) is 12.2 Å². The van der Waals surface area contributed by atoms with Crippen LogP contribution >= 0.6 is 0 Å². The van der Waals surface area contributed by atoms with E-state index in [2.05, 4.69) is 25.8 Å². The van der Waals surface area contributed by atoms with E-state index in [0.717, 1.165) is 30.1 Å². The number of nitrogens with zero attached hydrogens (tertiary/aromatic N) is 1. The third-order valence-electron chi connectivity index (χ3n) is 4.97. The van der Waals surface area contributed by atoms with Crippen molar-refractivity contribution in [1.29, 1.82) is 0 Å². The molecule has 0 aliphatic heterocycles. The predicted molar refractivity (Wildman–Crippen MR) is 87.0 cm³/mol. The lowest BCUT2D eigenvalue weighted by Crippen LogP contribution is -2.45. The van der Waals surface area contributed by atoms with Gasteiger partial charge in [-0.2, -0.15) is 0 Å². The van der Waals surface area contributed by atoms with Crippen LogP contribution in [-0.2, 0) is 11.3 Å². The van der Waals surface area contributed by atoms with Crippen molar-refractivity contribution in [2.45, 2.75) is 65.6 Å². The monoisotopic (exact) mass is 290 g/mol. The highest BCUT2D eigenvalue weighted by molar-refractivity contribution is 5.09. The van der Waals surface area contributed by atoms with Crippen LogP contribution in [0.1, 0.15) is 57.8 Å². The number of aryl methyl sites for hydroxylation is 1. The summed E-state index contributed by atoms with van der Waals surface area (Å²) in [6.07, 6.45) is 4.55. The summed E-state index contributed by atoms with van der Waals surface area (Å²) >= 11 is 0. The van der Waals surface area contributed by atoms with Crippen molar-refractivity contribution >= 4 is 0 Å². The molecule has 0 aromatic carbocycles. The molecule has 2 rings (SSSR count). The van der Waals surface area contributed by atoms with Gasteiger partial charge in [-0.3, -0.25) is 4.98 Å². The van der Waals surface area contributed by atoms with Crippen molar-refractivity contribution in [3.8, 4) is 0 Å². The Morgan fingerprint density at radius 1 is 1.29 bits per heavy atom.